The van der Waals surface area contributed by atoms with Crippen LogP contribution in [0.2, 0.25) is 0 Å². The van der Waals surface area contributed by atoms with Gasteiger partial charge in [-0.2, -0.15) is 0 Å². The zero-order valence-corrected chi connectivity index (χ0v) is 10.5. The van der Waals surface area contributed by atoms with Gasteiger partial charge in [-0.1, -0.05) is 30.4 Å². The van der Waals surface area contributed by atoms with Crippen LogP contribution in [0.15, 0.2) is 53.3 Å². The zero-order valence-electron chi connectivity index (χ0n) is 9.58. The second-order valence-corrected chi connectivity index (χ2v) is 5.85. The Morgan fingerprint density at radius 3 is 2.53 bits per heavy atom. The Labute approximate surface area is 104 Å². The number of carbonyl (C=O) groups is 1. The van der Waals surface area contributed by atoms with Gasteiger partial charge in [0.25, 0.3) is 0 Å². The summed E-state index contributed by atoms with van der Waals surface area (Å²) in [5.41, 5.74) is 0.624. The maximum Gasteiger partial charge on any atom is 0.338 e. The van der Waals surface area contributed by atoms with E-state index in [0.717, 1.165) is 12.2 Å². The largest absolute Gasteiger partial charge is 0.462 e. The fourth-order valence-electron chi connectivity index (χ4n) is 1.59. The maximum absolute atomic E-state index is 11.6. The van der Waals surface area contributed by atoms with E-state index in [-0.39, 0.29) is 16.9 Å². The Morgan fingerprint density at radius 2 is 1.82 bits per heavy atom. The van der Waals surface area contributed by atoms with E-state index in [4.69, 9.17) is 4.74 Å². The molecule has 1 aliphatic heterocycles. The Morgan fingerprint density at radius 1 is 1.12 bits per heavy atom. The van der Waals surface area contributed by atoms with E-state index >= 15 is 0 Å². The Balaban J connectivity index is 1.67. The van der Waals surface area contributed by atoms with Crippen LogP contribution in [0.3, 0.4) is 0 Å². The third-order valence-corrected chi connectivity index (χ3v) is 4.41. The van der Waals surface area contributed by atoms with Gasteiger partial charge in [-0.25, -0.2) is 15.7 Å². The van der Waals surface area contributed by atoms with Crippen LogP contribution in [0.1, 0.15) is 16.8 Å². The molecule has 0 unspecified atom stereocenters. The molecule has 0 atom stereocenters. The highest BCUT2D eigenvalue weighted by Crippen LogP contribution is 2.32. The van der Waals surface area contributed by atoms with Crippen LogP contribution in [-0.4, -0.2) is 18.3 Å². The molecule has 0 spiro atoms. The maximum atomic E-state index is 11.6. The van der Waals surface area contributed by atoms with Gasteiger partial charge in [0.05, 0.1) is 12.2 Å². The lowest BCUT2D eigenvalue weighted by molar-refractivity contribution is 0.0506. The van der Waals surface area contributed by atoms with E-state index in [1.54, 1.807) is 12.1 Å². The van der Waals surface area contributed by atoms with Gasteiger partial charge in [-0.05, 0) is 35.1 Å². The highest BCUT2D eigenvalue weighted by molar-refractivity contribution is 8.22. The summed E-state index contributed by atoms with van der Waals surface area (Å²) in [7, 11) is -0.0827. The lowest BCUT2D eigenvalue weighted by Gasteiger charge is -2.09. The number of allylic oxidation sites excluding steroid dienone is 2. The summed E-state index contributed by atoms with van der Waals surface area (Å²) in [5.74, 6) is 0.876. The number of hydrogen-bond acceptors (Lipinski definition) is 2. The lowest BCUT2D eigenvalue weighted by Crippen LogP contribution is -2.07. The van der Waals surface area contributed by atoms with E-state index in [1.165, 1.54) is 0 Å². The highest BCUT2D eigenvalue weighted by Gasteiger charge is 2.05. The molecule has 90 valence electrons. The van der Waals surface area contributed by atoms with Gasteiger partial charge in [0.15, 0.2) is 0 Å². The number of hydrogen-bond donors (Lipinski definition) is 1. The number of esters is 1. The topological polar surface area (TPSA) is 26.3 Å². The van der Waals surface area contributed by atoms with E-state index < -0.39 is 0 Å². The third kappa shape index (κ3) is 3.79. The van der Waals surface area contributed by atoms with Crippen molar-refractivity contribution in [1.29, 1.82) is 0 Å². The highest BCUT2D eigenvalue weighted by atomic mass is 32.2. The minimum atomic E-state index is -0.226. The minimum absolute atomic E-state index is 0.0827. The van der Waals surface area contributed by atoms with Crippen molar-refractivity contribution in [1.82, 2.24) is 0 Å². The molecule has 0 radical (unpaired) electrons. The average molecular weight is 248 g/mol. The van der Waals surface area contributed by atoms with Crippen LogP contribution in [0.25, 0.3) is 0 Å². The first-order valence-electron chi connectivity index (χ1n) is 5.69. The first-order chi connectivity index (χ1) is 8.36. The molecule has 1 heterocycles. The van der Waals surface area contributed by atoms with Crippen molar-refractivity contribution >= 4 is 16.9 Å². The monoisotopic (exact) mass is 248 g/mol. The molecule has 0 N–H and O–H groups in total. The number of ether oxygens (including phenoxy) is 1. The molecular formula is C14H16O2S. The number of thiol groups is 1. The van der Waals surface area contributed by atoms with E-state index in [0.29, 0.717) is 12.2 Å². The lowest BCUT2D eigenvalue weighted by atomic mass is 10.2. The van der Waals surface area contributed by atoms with Crippen molar-refractivity contribution in [2.75, 3.05) is 12.4 Å². The molecule has 1 aliphatic rings. The van der Waals surface area contributed by atoms with Crippen LogP contribution in [-0.2, 0) is 4.74 Å². The van der Waals surface area contributed by atoms with Gasteiger partial charge in [-0.15, -0.1) is 0 Å². The van der Waals surface area contributed by atoms with E-state index in [1.807, 2.05) is 18.2 Å². The molecule has 0 aromatic heterocycles. The zero-order chi connectivity index (χ0) is 11.9. The standard InChI is InChI=1S/C14H16O2S/c15-14(13-7-2-1-3-8-13)16-9-6-12-17-10-4-5-11-17/h1-5,7-8,10-11,17H,6,9,12H2. The summed E-state index contributed by atoms with van der Waals surface area (Å²) in [6.45, 7) is 0.508. The Bertz CT molecular complexity index is 411. The quantitative estimate of drug-likeness (QED) is 0.492. The van der Waals surface area contributed by atoms with Crippen LogP contribution < -0.4 is 0 Å². The van der Waals surface area contributed by atoms with Crippen molar-refractivity contribution in [3.05, 3.63) is 58.9 Å². The van der Waals surface area contributed by atoms with Crippen molar-refractivity contribution < 1.29 is 9.53 Å². The van der Waals surface area contributed by atoms with E-state index in [2.05, 4.69) is 23.0 Å². The van der Waals surface area contributed by atoms with Crippen molar-refractivity contribution in [2.45, 2.75) is 6.42 Å². The summed E-state index contributed by atoms with van der Waals surface area (Å²) in [4.78, 5) is 11.6. The van der Waals surface area contributed by atoms with Crippen LogP contribution in [0.5, 0.6) is 0 Å². The molecule has 0 saturated carbocycles. The average Bonchev–Trinajstić information content (AvgIpc) is 2.88. The number of carbonyl (C=O) groups excluding carboxylic acids is 1. The summed E-state index contributed by atoms with van der Waals surface area (Å²) in [6, 6.07) is 9.11. The molecule has 2 rings (SSSR count). The summed E-state index contributed by atoms with van der Waals surface area (Å²) < 4.78 is 5.21. The van der Waals surface area contributed by atoms with Crippen molar-refractivity contribution in [2.24, 2.45) is 0 Å². The summed E-state index contributed by atoms with van der Waals surface area (Å²) >= 11 is 0. The van der Waals surface area contributed by atoms with Gasteiger partial charge >= 0.3 is 5.97 Å². The second kappa shape index (κ2) is 6.30. The third-order valence-electron chi connectivity index (χ3n) is 2.47. The second-order valence-electron chi connectivity index (χ2n) is 3.78. The molecule has 2 nitrogen and oxygen atoms in total. The Hall–Kier alpha value is -1.48. The van der Waals surface area contributed by atoms with Crippen molar-refractivity contribution in [3.8, 4) is 0 Å². The fourth-order valence-corrected chi connectivity index (χ4v) is 3.12. The van der Waals surface area contributed by atoms with Crippen molar-refractivity contribution in [3.63, 3.8) is 0 Å². The molecule has 0 fully saturated rings. The molecule has 3 heteroatoms. The number of rotatable bonds is 5. The predicted octanol–water partition coefficient (Wildman–Crippen LogP) is 3.28. The van der Waals surface area contributed by atoms with Gasteiger partial charge in [0, 0.05) is 0 Å². The van der Waals surface area contributed by atoms with Crippen LogP contribution >= 0.6 is 10.9 Å². The molecular weight excluding hydrogens is 232 g/mol. The van der Waals surface area contributed by atoms with Crippen LogP contribution in [0, 0.1) is 0 Å². The molecule has 0 bridgehead atoms. The van der Waals surface area contributed by atoms with E-state index in [9.17, 15) is 4.79 Å². The molecule has 1 aromatic carbocycles. The SMILES string of the molecule is O=C(OCCC[SH]1C=CC=C1)c1ccccc1. The first kappa shape index (κ1) is 12.0. The normalized spacial score (nSPS) is 15.2. The van der Waals surface area contributed by atoms with Gasteiger partial charge in [0.1, 0.15) is 0 Å². The molecule has 0 amide bonds. The molecule has 1 aromatic rings. The smallest absolute Gasteiger partial charge is 0.338 e. The fraction of sp³-hybridized carbons (Fsp3) is 0.214. The number of benzene rings is 1. The van der Waals surface area contributed by atoms with Gasteiger partial charge < -0.3 is 4.74 Å². The Kier molecular flexibility index (Phi) is 4.45. The predicted molar refractivity (Wildman–Crippen MR) is 73.5 cm³/mol. The van der Waals surface area contributed by atoms with Gasteiger partial charge in [0.2, 0.25) is 0 Å². The minimum Gasteiger partial charge on any atom is -0.462 e. The summed E-state index contributed by atoms with van der Waals surface area (Å²) in [6.07, 6.45) is 5.10. The summed E-state index contributed by atoms with van der Waals surface area (Å²) in [5, 5.41) is 4.46. The van der Waals surface area contributed by atoms with Crippen LogP contribution in [0.4, 0.5) is 0 Å². The molecule has 0 saturated heterocycles. The first-order valence-corrected chi connectivity index (χ1v) is 7.36. The molecule has 17 heavy (non-hydrogen) atoms. The van der Waals surface area contributed by atoms with Gasteiger partial charge in [-0.3, -0.25) is 0 Å². The molecule has 0 aliphatic carbocycles.